The molecule has 1 aromatic heterocycles. The number of oxazole rings is 1. The van der Waals surface area contributed by atoms with Gasteiger partial charge in [-0.1, -0.05) is 10.4 Å². The number of fused-ring (bicyclic) bond motifs is 1. The fourth-order valence-electron chi connectivity index (χ4n) is 1.10. The van der Waals surface area contributed by atoms with E-state index in [2.05, 4.69) is 9.27 Å². The van der Waals surface area contributed by atoms with Crippen LogP contribution in [0.4, 0.5) is 6.01 Å². The number of nitrogen functional groups attached to an aromatic ring is 1. The van der Waals surface area contributed by atoms with Crippen LogP contribution in [0.1, 0.15) is 0 Å². The van der Waals surface area contributed by atoms with Crippen molar-refractivity contribution < 1.29 is 32.9 Å². The predicted molar refractivity (Wildman–Crippen MR) is 39.0 cm³/mol. The van der Waals surface area contributed by atoms with Crippen molar-refractivity contribution in [1.29, 1.82) is 0 Å². The third kappa shape index (κ3) is 2.10. The number of para-hydroxylation sites is 1. The summed E-state index contributed by atoms with van der Waals surface area (Å²) in [5.41, 5.74) is 5.58. The number of halogens is 1. The SMILES string of the molecule is Nc1nc2c(O[Cl+3]([O-])([O-])[O-])cccc2o1. The monoisotopic (exact) mass is 232 g/mol. The van der Waals surface area contributed by atoms with Gasteiger partial charge in [0.05, 0.1) is 0 Å². The second kappa shape index (κ2) is 3.24. The maximum atomic E-state index is 10.4. The van der Waals surface area contributed by atoms with Crippen LogP contribution in [0.2, 0.25) is 0 Å². The molecule has 0 aliphatic rings. The largest absolute Gasteiger partial charge is 0.424 e. The van der Waals surface area contributed by atoms with E-state index in [1.54, 1.807) is 0 Å². The van der Waals surface area contributed by atoms with Crippen LogP contribution in [0, 0.1) is 10.2 Å². The molecule has 7 nitrogen and oxygen atoms in total. The van der Waals surface area contributed by atoms with Gasteiger partial charge in [0.1, 0.15) is 10.2 Å². The molecule has 0 bridgehead atoms. The first kappa shape index (κ1) is 9.99. The topological polar surface area (TPSA) is 130 Å². The lowest BCUT2D eigenvalue weighted by Crippen LogP contribution is -2.63. The second-order valence-electron chi connectivity index (χ2n) is 2.61. The van der Waals surface area contributed by atoms with Gasteiger partial charge in [-0.05, 0) is 12.1 Å². The lowest BCUT2D eigenvalue weighted by atomic mass is 10.3. The minimum Gasteiger partial charge on any atom is -0.424 e. The highest BCUT2D eigenvalue weighted by Gasteiger charge is 2.23. The van der Waals surface area contributed by atoms with E-state index < -0.39 is 10.2 Å². The number of hydrogen-bond donors (Lipinski definition) is 1. The fraction of sp³-hybridized carbons (Fsp3) is 0. The second-order valence-corrected chi connectivity index (χ2v) is 3.52. The van der Waals surface area contributed by atoms with Crippen LogP contribution < -0.4 is 24.0 Å². The van der Waals surface area contributed by atoms with Crippen molar-refractivity contribution in [3.05, 3.63) is 18.2 Å². The molecule has 0 amide bonds. The highest BCUT2D eigenvalue weighted by atomic mass is 35.7. The Balaban J connectivity index is 2.51. The van der Waals surface area contributed by atoms with Gasteiger partial charge >= 0.3 is 5.75 Å². The molecule has 2 rings (SSSR count). The Morgan fingerprint density at radius 2 is 2.07 bits per heavy atom. The third-order valence-electron chi connectivity index (χ3n) is 1.58. The summed E-state index contributed by atoms with van der Waals surface area (Å²) in [5.74, 6) is -0.218. The molecule has 0 aliphatic carbocycles. The molecule has 0 fully saturated rings. The average molecular weight is 233 g/mol. The van der Waals surface area contributed by atoms with Crippen LogP contribution >= 0.6 is 0 Å². The number of nitrogens with zero attached hydrogens (tertiary/aromatic N) is 1. The fourth-order valence-corrected chi connectivity index (χ4v) is 1.43. The highest BCUT2D eigenvalue weighted by molar-refractivity contribution is 5.80. The Bertz CT molecular complexity index is 492. The molecular formula is C7H5ClN2O5. The number of rotatable bonds is 2. The molecule has 0 saturated heterocycles. The van der Waals surface area contributed by atoms with E-state index in [0.29, 0.717) is 0 Å². The molecule has 0 spiro atoms. The van der Waals surface area contributed by atoms with Crippen molar-refractivity contribution >= 4 is 17.1 Å². The number of aromatic nitrogens is 1. The normalized spacial score (nSPS) is 11.9. The van der Waals surface area contributed by atoms with E-state index in [1.807, 2.05) is 0 Å². The van der Waals surface area contributed by atoms with Gasteiger partial charge in [0.25, 0.3) is 6.01 Å². The van der Waals surface area contributed by atoms with E-state index in [-0.39, 0.29) is 22.9 Å². The molecule has 1 heterocycles. The Morgan fingerprint density at radius 3 is 2.73 bits per heavy atom. The van der Waals surface area contributed by atoms with Gasteiger partial charge < -0.3 is 10.2 Å². The molecule has 0 unspecified atom stereocenters. The minimum absolute atomic E-state index is 0.0851. The molecule has 15 heavy (non-hydrogen) atoms. The number of hydrogen-bond acceptors (Lipinski definition) is 7. The van der Waals surface area contributed by atoms with Gasteiger partial charge in [-0.25, -0.2) is 0 Å². The van der Waals surface area contributed by atoms with Gasteiger partial charge in [-0.15, -0.1) is 0 Å². The van der Waals surface area contributed by atoms with Gasteiger partial charge in [-0.3, -0.25) is 0 Å². The van der Waals surface area contributed by atoms with E-state index in [9.17, 15) is 14.0 Å². The van der Waals surface area contributed by atoms with Crippen LogP contribution in [0.5, 0.6) is 5.75 Å². The maximum Gasteiger partial charge on any atom is 0.317 e. The highest BCUT2D eigenvalue weighted by Crippen LogP contribution is 2.27. The van der Waals surface area contributed by atoms with Crippen LogP contribution in [-0.4, -0.2) is 4.98 Å². The average Bonchev–Trinajstić information content (AvgIpc) is 2.43. The van der Waals surface area contributed by atoms with Crippen molar-refractivity contribution in [3.8, 4) is 5.75 Å². The van der Waals surface area contributed by atoms with E-state index in [4.69, 9.17) is 10.2 Å². The molecule has 0 atom stereocenters. The van der Waals surface area contributed by atoms with Gasteiger partial charge in [0, 0.05) is 0 Å². The van der Waals surface area contributed by atoms with Crippen molar-refractivity contribution in [2.24, 2.45) is 0 Å². The summed E-state index contributed by atoms with van der Waals surface area (Å²) < 4.78 is 40.1. The number of anilines is 1. The van der Waals surface area contributed by atoms with E-state index >= 15 is 0 Å². The first-order valence-electron chi connectivity index (χ1n) is 3.71. The summed E-state index contributed by atoms with van der Waals surface area (Å²) in [5, 5.41) is 0. The summed E-state index contributed by atoms with van der Waals surface area (Å²) >= 11 is 0. The lowest BCUT2D eigenvalue weighted by molar-refractivity contribution is -1.91. The standard InChI is InChI=1S/C7H5ClN2O5/c9-7-10-6-4(14-7)2-1-3-5(6)15-8(11,12)13/h1-3H,(H2,9,10). The van der Waals surface area contributed by atoms with Crippen LogP contribution in [-0.2, 0) is 0 Å². The molecule has 80 valence electrons. The van der Waals surface area contributed by atoms with Gasteiger partial charge in [0.15, 0.2) is 11.1 Å². The minimum atomic E-state index is -4.56. The van der Waals surface area contributed by atoms with Crippen molar-refractivity contribution in [2.75, 3.05) is 5.73 Å². The quantitative estimate of drug-likeness (QED) is 0.615. The molecule has 2 N–H and O–H groups in total. The van der Waals surface area contributed by atoms with E-state index in [1.165, 1.54) is 18.2 Å². The molecular weight excluding hydrogens is 228 g/mol. The lowest BCUT2D eigenvalue weighted by Gasteiger charge is -2.11. The van der Waals surface area contributed by atoms with Crippen LogP contribution in [0.3, 0.4) is 0 Å². The van der Waals surface area contributed by atoms with Crippen molar-refractivity contribution in [2.45, 2.75) is 0 Å². The summed E-state index contributed by atoms with van der Waals surface area (Å²) in [6.07, 6.45) is 0. The maximum absolute atomic E-state index is 10.4. The molecule has 0 saturated carbocycles. The zero-order chi connectivity index (χ0) is 11.1. The summed E-state index contributed by atoms with van der Waals surface area (Å²) in [7, 11) is -4.56. The summed E-state index contributed by atoms with van der Waals surface area (Å²) in [6, 6.07) is 4.09. The van der Waals surface area contributed by atoms with Crippen molar-refractivity contribution in [3.63, 3.8) is 0 Å². The van der Waals surface area contributed by atoms with Crippen LogP contribution in [0.25, 0.3) is 11.1 Å². The predicted octanol–water partition coefficient (Wildman–Crippen LogP) is -2.31. The Labute approximate surface area is 85.4 Å². The van der Waals surface area contributed by atoms with Gasteiger partial charge in [0.2, 0.25) is 0 Å². The van der Waals surface area contributed by atoms with E-state index in [0.717, 1.165) is 0 Å². The molecule has 1 aromatic carbocycles. The molecule has 2 aromatic rings. The zero-order valence-electron chi connectivity index (χ0n) is 7.18. The zero-order valence-corrected chi connectivity index (χ0v) is 7.93. The molecule has 0 radical (unpaired) electrons. The van der Waals surface area contributed by atoms with Gasteiger partial charge in [-0.2, -0.15) is 19.0 Å². The number of nitrogens with two attached hydrogens (primary N) is 1. The number of benzene rings is 1. The Morgan fingerprint density at radius 1 is 1.33 bits per heavy atom. The molecule has 8 heteroatoms. The Kier molecular flexibility index (Phi) is 2.16. The van der Waals surface area contributed by atoms with Crippen molar-refractivity contribution in [1.82, 2.24) is 4.98 Å². The summed E-state index contributed by atoms with van der Waals surface area (Å²) in [4.78, 5) is 3.68. The van der Waals surface area contributed by atoms with Crippen LogP contribution in [0.15, 0.2) is 22.6 Å². The first-order valence-corrected chi connectivity index (χ1v) is 4.94. The first-order chi connectivity index (χ1) is 6.96. The summed E-state index contributed by atoms with van der Waals surface area (Å²) in [6.45, 7) is 0. The Hall–Kier alpha value is -1.54. The molecule has 0 aliphatic heterocycles. The third-order valence-corrected chi connectivity index (χ3v) is 1.93. The smallest absolute Gasteiger partial charge is 0.317 e.